The predicted octanol–water partition coefficient (Wildman–Crippen LogP) is 4.11. The van der Waals surface area contributed by atoms with Gasteiger partial charge in [0.25, 0.3) is 5.69 Å². The molecule has 0 aliphatic carbocycles. The Morgan fingerprint density at radius 2 is 1.78 bits per heavy atom. The van der Waals surface area contributed by atoms with Gasteiger partial charge in [0.1, 0.15) is 0 Å². The van der Waals surface area contributed by atoms with E-state index >= 15 is 0 Å². The van der Waals surface area contributed by atoms with E-state index < -0.39 is 11.0 Å². The summed E-state index contributed by atoms with van der Waals surface area (Å²) in [4.78, 5) is 38.8. The fourth-order valence-electron chi connectivity index (χ4n) is 3.80. The third kappa shape index (κ3) is 4.96. The summed E-state index contributed by atoms with van der Waals surface area (Å²) in [7, 11) is 1.33. The minimum absolute atomic E-state index is 0.126. The summed E-state index contributed by atoms with van der Waals surface area (Å²) >= 11 is 0. The normalized spacial score (nSPS) is 14.1. The van der Waals surface area contributed by atoms with E-state index in [-0.39, 0.29) is 17.5 Å². The van der Waals surface area contributed by atoms with E-state index in [0.29, 0.717) is 37.3 Å². The van der Waals surface area contributed by atoms with E-state index in [9.17, 15) is 19.7 Å². The Kier molecular flexibility index (Phi) is 7.25. The monoisotopic (exact) mass is 436 g/mol. The average Bonchev–Trinajstić information content (AvgIpc) is 2.81. The standard InChI is InChI=1S/C24H26N3O5/c1-17(2)19-8-4-5-9-20(19)23-18(7-6-10-21(23)27(30)31)11-12-22(28)25-13-15-26(16-14-25)24(29)32-3/h4-9,11-12,17H,13-16H2,1-3H3/b12-11+. The minimum atomic E-state index is -0.447. The molecule has 0 N–H and O–H groups in total. The number of hydrogen-bond acceptors (Lipinski definition) is 5. The molecule has 32 heavy (non-hydrogen) atoms. The molecule has 167 valence electrons. The van der Waals surface area contributed by atoms with Crippen LogP contribution in [0.25, 0.3) is 17.2 Å². The molecule has 0 spiro atoms. The second kappa shape index (κ2) is 10.1. The zero-order valence-electron chi connectivity index (χ0n) is 18.4. The fraction of sp³-hybridized carbons (Fsp3) is 0.333. The van der Waals surface area contributed by atoms with Gasteiger partial charge in [-0.25, -0.2) is 4.79 Å². The van der Waals surface area contributed by atoms with Crippen molar-refractivity contribution in [3.63, 3.8) is 0 Å². The second-order valence-corrected chi connectivity index (χ2v) is 7.77. The number of carbonyl (C=O) groups is 2. The van der Waals surface area contributed by atoms with Gasteiger partial charge in [-0.15, -0.1) is 0 Å². The van der Waals surface area contributed by atoms with Crippen molar-refractivity contribution in [2.75, 3.05) is 33.3 Å². The van der Waals surface area contributed by atoms with Gasteiger partial charge in [0, 0.05) is 32.3 Å². The molecule has 2 amide bonds. The number of nitrogens with zero attached hydrogens (tertiary/aromatic N) is 3. The Balaban J connectivity index is 1.90. The van der Waals surface area contributed by atoms with Gasteiger partial charge in [-0.3, -0.25) is 14.9 Å². The number of methoxy groups -OCH3 is 1. The number of nitro benzene ring substituents is 1. The molecule has 1 saturated heterocycles. The summed E-state index contributed by atoms with van der Waals surface area (Å²) in [5, 5.41) is 11.8. The molecule has 3 rings (SSSR count). The van der Waals surface area contributed by atoms with Crippen molar-refractivity contribution in [3.8, 4) is 11.1 Å². The van der Waals surface area contributed by atoms with Gasteiger partial charge in [-0.1, -0.05) is 44.2 Å². The molecule has 0 unspecified atom stereocenters. The van der Waals surface area contributed by atoms with Crippen LogP contribution in [0.15, 0.2) is 42.5 Å². The van der Waals surface area contributed by atoms with Crippen molar-refractivity contribution in [2.45, 2.75) is 19.8 Å². The highest BCUT2D eigenvalue weighted by Gasteiger charge is 2.24. The van der Waals surface area contributed by atoms with Crippen LogP contribution in [0.3, 0.4) is 0 Å². The molecule has 1 heterocycles. The number of hydrogen-bond donors (Lipinski definition) is 0. The molecule has 1 radical (unpaired) electrons. The van der Waals surface area contributed by atoms with Gasteiger partial charge in [0.15, 0.2) is 0 Å². The molecule has 0 atom stereocenters. The smallest absolute Gasteiger partial charge is 0.409 e. The average molecular weight is 436 g/mol. The van der Waals surface area contributed by atoms with Crippen molar-refractivity contribution >= 4 is 23.8 Å². The summed E-state index contributed by atoms with van der Waals surface area (Å²) < 4.78 is 4.71. The molecule has 1 aliphatic heterocycles. The zero-order chi connectivity index (χ0) is 23.3. The van der Waals surface area contributed by atoms with E-state index in [1.165, 1.54) is 19.3 Å². The molecule has 0 saturated carbocycles. The highest BCUT2D eigenvalue weighted by molar-refractivity contribution is 5.94. The lowest BCUT2D eigenvalue weighted by molar-refractivity contribution is -0.384. The first-order valence-electron chi connectivity index (χ1n) is 10.4. The van der Waals surface area contributed by atoms with E-state index in [0.717, 1.165) is 11.1 Å². The fourth-order valence-corrected chi connectivity index (χ4v) is 3.80. The van der Waals surface area contributed by atoms with Crippen LogP contribution in [0.4, 0.5) is 10.5 Å². The molecule has 1 aliphatic rings. The summed E-state index contributed by atoms with van der Waals surface area (Å²) in [6, 6.07) is 13.5. The first-order chi connectivity index (χ1) is 15.3. The van der Waals surface area contributed by atoms with Crippen molar-refractivity contribution in [2.24, 2.45) is 0 Å². The van der Waals surface area contributed by atoms with Crippen LogP contribution in [0, 0.1) is 16.2 Å². The third-order valence-corrected chi connectivity index (χ3v) is 5.47. The zero-order valence-corrected chi connectivity index (χ0v) is 18.4. The van der Waals surface area contributed by atoms with Crippen LogP contribution in [0.2, 0.25) is 0 Å². The number of piperazine rings is 1. The van der Waals surface area contributed by atoms with E-state index in [1.54, 1.807) is 21.9 Å². The van der Waals surface area contributed by atoms with Gasteiger partial charge in [-0.05, 0) is 34.8 Å². The van der Waals surface area contributed by atoms with Gasteiger partial charge >= 0.3 is 6.09 Å². The lowest BCUT2D eigenvalue weighted by Crippen LogP contribution is -2.50. The SMILES string of the molecule is COC(=O)N1CCN(C(=O)/C=C/c2cc[c]c([N+](=O)[O-])c2-c2ccccc2C(C)C)CC1. The van der Waals surface area contributed by atoms with Gasteiger partial charge in [0.2, 0.25) is 5.91 Å². The topological polar surface area (TPSA) is 93.0 Å². The molecular formula is C24H26N3O5. The Morgan fingerprint density at radius 1 is 1.12 bits per heavy atom. The highest BCUT2D eigenvalue weighted by atomic mass is 16.6. The first-order valence-corrected chi connectivity index (χ1v) is 10.4. The molecule has 0 aromatic heterocycles. The quantitative estimate of drug-likeness (QED) is 0.400. The lowest BCUT2D eigenvalue weighted by atomic mass is 9.89. The van der Waals surface area contributed by atoms with Gasteiger partial charge < -0.3 is 14.5 Å². The number of carbonyl (C=O) groups excluding carboxylic acids is 2. The summed E-state index contributed by atoms with van der Waals surface area (Å²) in [6.07, 6.45) is 2.63. The Hall–Kier alpha value is -3.68. The second-order valence-electron chi connectivity index (χ2n) is 7.77. The maximum Gasteiger partial charge on any atom is 0.409 e. The number of amides is 2. The Labute approximate surface area is 187 Å². The van der Waals surface area contributed by atoms with Crippen LogP contribution >= 0.6 is 0 Å². The molecule has 8 heteroatoms. The highest BCUT2D eigenvalue weighted by Crippen LogP contribution is 2.38. The first kappa shape index (κ1) is 23.0. The van der Waals surface area contributed by atoms with E-state index in [4.69, 9.17) is 4.74 Å². The summed E-state index contributed by atoms with van der Waals surface area (Å²) in [5.41, 5.74) is 2.63. The number of rotatable bonds is 5. The maximum absolute atomic E-state index is 12.7. The van der Waals surface area contributed by atoms with Crippen LogP contribution in [0.5, 0.6) is 0 Å². The van der Waals surface area contributed by atoms with Gasteiger partial charge in [0.05, 0.1) is 23.7 Å². The lowest BCUT2D eigenvalue weighted by Gasteiger charge is -2.33. The Morgan fingerprint density at radius 3 is 2.41 bits per heavy atom. The third-order valence-electron chi connectivity index (χ3n) is 5.47. The predicted molar refractivity (Wildman–Crippen MR) is 121 cm³/mol. The van der Waals surface area contributed by atoms with E-state index in [1.807, 2.05) is 38.1 Å². The minimum Gasteiger partial charge on any atom is -0.453 e. The van der Waals surface area contributed by atoms with Crippen LogP contribution < -0.4 is 0 Å². The van der Waals surface area contributed by atoms with Crippen LogP contribution in [-0.4, -0.2) is 60.0 Å². The molecule has 2 aromatic rings. The summed E-state index contributed by atoms with van der Waals surface area (Å²) in [6.45, 7) is 5.64. The van der Waals surface area contributed by atoms with Gasteiger partial charge in [-0.2, -0.15) is 0 Å². The molecule has 8 nitrogen and oxygen atoms in total. The molecule has 2 aromatic carbocycles. The van der Waals surface area contributed by atoms with Crippen LogP contribution in [-0.2, 0) is 9.53 Å². The van der Waals surface area contributed by atoms with Crippen molar-refractivity contribution in [1.29, 1.82) is 0 Å². The summed E-state index contributed by atoms with van der Waals surface area (Å²) in [5.74, 6) is -0.0522. The van der Waals surface area contributed by atoms with Crippen molar-refractivity contribution in [3.05, 3.63) is 69.8 Å². The Bertz CT molecular complexity index is 1040. The maximum atomic E-state index is 12.7. The number of benzene rings is 2. The molecule has 1 fully saturated rings. The largest absolute Gasteiger partial charge is 0.453 e. The van der Waals surface area contributed by atoms with Crippen molar-refractivity contribution < 1.29 is 19.2 Å². The number of nitro groups is 1. The van der Waals surface area contributed by atoms with E-state index in [2.05, 4.69) is 6.07 Å². The molecule has 0 bridgehead atoms. The number of ether oxygens (including phenoxy) is 1. The van der Waals surface area contributed by atoms with Crippen LogP contribution in [0.1, 0.15) is 30.9 Å². The van der Waals surface area contributed by atoms with Crippen molar-refractivity contribution in [1.82, 2.24) is 9.80 Å². The molecular weight excluding hydrogens is 410 g/mol.